The number of rotatable bonds is 8. The summed E-state index contributed by atoms with van der Waals surface area (Å²) in [5.74, 6) is -0.185. The zero-order valence-corrected chi connectivity index (χ0v) is 16.9. The summed E-state index contributed by atoms with van der Waals surface area (Å²) in [4.78, 5) is 12.9. The van der Waals surface area contributed by atoms with E-state index < -0.39 is 0 Å². The number of nitrogens with two attached hydrogens (primary N) is 1. The van der Waals surface area contributed by atoms with Crippen molar-refractivity contribution < 1.29 is 4.79 Å². The summed E-state index contributed by atoms with van der Waals surface area (Å²) in [5.41, 5.74) is 8.43. The van der Waals surface area contributed by atoms with Crippen LogP contribution in [-0.2, 0) is 13.1 Å². The van der Waals surface area contributed by atoms with Gasteiger partial charge in [-0.3, -0.25) is 9.48 Å². The fraction of sp³-hybridized carbons (Fsp3) is 0.238. The summed E-state index contributed by atoms with van der Waals surface area (Å²) in [6, 6.07) is 15.0. The van der Waals surface area contributed by atoms with Crippen LogP contribution in [0.4, 0.5) is 0 Å². The standard InChI is InChI=1S/C21H22Cl2N4O/c22-18-9-8-16(12-19(18)23)20-17(14-27(26-20)11-5-4-10-24)21(28)25-13-15-6-2-1-3-7-15/h1-3,6-9,12,14H,4-5,10-11,13,24H2,(H,25,28). The molecule has 1 amide bonds. The maximum absolute atomic E-state index is 12.9. The number of halogens is 2. The second kappa shape index (κ2) is 9.73. The maximum atomic E-state index is 12.9. The Morgan fingerprint density at radius 3 is 2.57 bits per heavy atom. The van der Waals surface area contributed by atoms with Gasteiger partial charge in [-0.05, 0) is 37.1 Å². The van der Waals surface area contributed by atoms with Crippen molar-refractivity contribution in [2.24, 2.45) is 5.73 Å². The van der Waals surface area contributed by atoms with E-state index in [2.05, 4.69) is 10.4 Å². The number of aryl methyl sites for hydroxylation is 1. The quantitative estimate of drug-likeness (QED) is 0.529. The smallest absolute Gasteiger partial charge is 0.255 e. The molecule has 1 aromatic heterocycles. The number of carbonyl (C=O) groups excluding carboxylic acids is 1. The van der Waals surface area contributed by atoms with Gasteiger partial charge in [-0.2, -0.15) is 5.10 Å². The molecule has 3 N–H and O–H groups in total. The fourth-order valence-electron chi connectivity index (χ4n) is 2.85. The third kappa shape index (κ3) is 5.13. The van der Waals surface area contributed by atoms with Crippen LogP contribution in [-0.4, -0.2) is 22.2 Å². The molecule has 1 heterocycles. The number of hydrogen-bond donors (Lipinski definition) is 2. The van der Waals surface area contributed by atoms with Gasteiger partial charge in [0.15, 0.2) is 0 Å². The molecule has 0 bridgehead atoms. The second-order valence-electron chi connectivity index (χ2n) is 6.45. The lowest BCUT2D eigenvalue weighted by molar-refractivity contribution is 0.0951. The van der Waals surface area contributed by atoms with Gasteiger partial charge in [0.2, 0.25) is 0 Å². The predicted molar refractivity (Wildman–Crippen MR) is 114 cm³/mol. The SMILES string of the molecule is NCCCCn1cc(C(=O)NCc2ccccc2)c(-c2ccc(Cl)c(Cl)c2)n1. The van der Waals surface area contributed by atoms with Gasteiger partial charge in [0.1, 0.15) is 5.69 Å². The van der Waals surface area contributed by atoms with Crippen LogP contribution in [0.3, 0.4) is 0 Å². The summed E-state index contributed by atoms with van der Waals surface area (Å²) in [6.07, 6.45) is 3.57. The first-order valence-corrected chi connectivity index (χ1v) is 9.89. The number of aromatic nitrogens is 2. The van der Waals surface area contributed by atoms with E-state index in [1.165, 1.54) is 0 Å². The number of nitrogens with one attached hydrogen (secondary N) is 1. The van der Waals surface area contributed by atoms with Crippen molar-refractivity contribution in [1.29, 1.82) is 0 Å². The number of carbonyl (C=O) groups is 1. The van der Waals surface area contributed by atoms with Crippen LogP contribution in [0.25, 0.3) is 11.3 Å². The molecule has 0 saturated heterocycles. The molecule has 0 atom stereocenters. The minimum atomic E-state index is -0.185. The molecule has 0 aliphatic carbocycles. The number of nitrogens with zero attached hydrogens (tertiary/aromatic N) is 2. The first kappa shape index (κ1) is 20.4. The highest BCUT2D eigenvalue weighted by Gasteiger charge is 2.18. The first-order valence-electron chi connectivity index (χ1n) is 9.13. The summed E-state index contributed by atoms with van der Waals surface area (Å²) < 4.78 is 1.78. The van der Waals surface area contributed by atoms with E-state index in [9.17, 15) is 4.79 Å². The Hall–Kier alpha value is -2.34. The number of hydrogen-bond acceptors (Lipinski definition) is 3. The summed E-state index contributed by atoms with van der Waals surface area (Å²) in [7, 11) is 0. The van der Waals surface area contributed by atoms with Gasteiger partial charge in [0.05, 0.1) is 15.6 Å². The molecule has 0 radical (unpaired) electrons. The van der Waals surface area contributed by atoms with Gasteiger partial charge in [-0.15, -0.1) is 0 Å². The average Bonchev–Trinajstić information content (AvgIpc) is 3.13. The van der Waals surface area contributed by atoms with Crippen molar-refractivity contribution in [3.05, 3.63) is 75.9 Å². The van der Waals surface area contributed by atoms with Gasteiger partial charge in [-0.25, -0.2) is 0 Å². The van der Waals surface area contributed by atoms with E-state index in [1.54, 1.807) is 23.0 Å². The van der Waals surface area contributed by atoms with Crippen molar-refractivity contribution in [2.45, 2.75) is 25.9 Å². The lowest BCUT2D eigenvalue weighted by atomic mass is 10.1. The molecule has 0 spiro atoms. The van der Waals surface area contributed by atoms with Crippen LogP contribution >= 0.6 is 23.2 Å². The Kier molecular flexibility index (Phi) is 7.09. The van der Waals surface area contributed by atoms with E-state index in [0.29, 0.717) is 40.9 Å². The second-order valence-corrected chi connectivity index (χ2v) is 7.26. The normalized spacial score (nSPS) is 10.8. The molecule has 7 heteroatoms. The Labute approximate surface area is 174 Å². The molecular weight excluding hydrogens is 395 g/mol. The van der Waals surface area contributed by atoms with E-state index in [1.807, 2.05) is 36.4 Å². The highest BCUT2D eigenvalue weighted by Crippen LogP contribution is 2.29. The fourth-order valence-corrected chi connectivity index (χ4v) is 3.15. The minimum absolute atomic E-state index is 0.185. The molecule has 0 aliphatic heterocycles. The lowest BCUT2D eigenvalue weighted by Gasteiger charge is -2.06. The van der Waals surface area contributed by atoms with E-state index in [4.69, 9.17) is 28.9 Å². The molecule has 0 fully saturated rings. The van der Waals surface area contributed by atoms with Crippen molar-refractivity contribution in [3.8, 4) is 11.3 Å². The zero-order chi connectivity index (χ0) is 19.9. The zero-order valence-electron chi connectivity index (χ0n) is 15.4. The summed E-state index contributed by atoms with van der Waals surface area (Å²) in [5, 5.41) is 8.46. The third-order valence-electron chi connectivity index (χ3n) is 4.34. The van der Waals surface area contributed by atoms with Gasteiger partial charge in [-0.1, -0.05) is 59.6 Å². The molecule has 28 heavy (non-hydrogen) atoms. The summed E-state index contributed by atoms with van der Waals surface area (Å²) in [6.45, 7) is 1.77. The molecule has 146 valence electrons. The Bertz CT molecular complexity index is 941. The molecular formula is C21H22Cl2N4O. The Morgan fingerprint density at radius 1 is 1.07 bits per heavy atom. The molecule has 0 saturated carbocycles. The van der Waals surface area contributed by atoms with Gasteiger partial charge < -0.3 is 11.1 Å². The van der Waals surface area contributed by atoms with Crippen molar-refractivity contribution >= 4 is 29.1 Å². The summed E-state index contributed by atoms with van der Waals surface area (Å²) >= 11 is 12.2. The minimum Gasteiger partial charge on any atom is -0.348 e. The molecule has 3 rings (SSSR count). The van der Waals surface area contributed by atoms with Crippen molar-refractivity contribution in [1.82, 2.24) is 15.1 Å². The maximum Gasteiger partial charge on any atom is 0.255 e. The molecule has 0 unspecified atom stereocenters. The third-order valence-corrected chi connectivity index (χ3v) is 5.08. The Morgan fingerprint density at radius 2 is 1.86 bits per heavy atom. The topological polar surface area (TPSA) is 72.9 Å². The highest BCUT2D eigenvalue weighted by atomic mass is 35.5. The first-order chi connectivity index (χ1) is 13.6. The van der Waals surface area contributed by atoms with Crippen LogP contribution in [0, 0.1) is 0 Å². The largest absolute Gasteiger partial charge is 0.348 e. The van der Waals surface area contributed by atoms with Crippen molar-refractivity contribution in [2.75, 3.05) is 6.54 Å². The highest BCUT2D eigenvalue weighted by molar-refractivity contribution is 6.42. The number of benzene rings is 2. The van der Waals surface area contributed by atoms with E-state index in [0.717, 1.165) is 24.0 Å². The van der Waals surface area contributed by atoms with Crippen LogP contribution in [0.2, 0.25) is 10.0 Å². The van der Waals surface area contributed by atoms with Crippen molar-refractivity contribution in [3.63, 3.8) is 0 Å². The van der Waals surface area contributed by atoms with E-state index >= 15 is 0 Å². The van der Waals surface area contributed by atoms with E-state index in [-0.39, 0.29) is 5.91 Å². The molecule has 3 aromatic rings. The lowest BCUT2D eigenvalue weighted by Crippen LogP contribution is -2.23. The van der Waals surface area contributed by atoms with Crippen LogP contribution in [0.5, 0.6) is 0 Å². The molecule has 2 aromatic carbocycles. The molecule has 5 nitrogen and oxygen atoms in total. The van der Waals surface area contributed by atoms with Gasteiger partial charge in [0, 0.05) is 24.8 Å². The van der Waals surface area contributed by atoms with Crippen LogP contribution in [0.1, 0.15) is 28.8 Å². The van der Waals surface area contributed by atoms with Crippen LogP contribution < -0.4 is 11.1 Å². The Balaban J connectivity index is 1.86. The van der Waals surface area contributed by atoms with Gasteiger partial charge in [0.25, 0.3) is 5.91 Å². The number of amides is 1. The predicted octanol–water partition coefficient (Wildman–Crippen LogP) is 4.53. The monoisotopic (exact) mass is 416 g/mol. The number of unbranched alkanes of at least 4 members (excludes halogenated alkanes) is 1. The van der Waals surface area contributed by atoms with Gasteiger partial charge >= 0.3 is 0 Å². The average molecular weight is 417 g/mol. The van der Waals surface area contributed by atoms with Crippen LogP contribution in [0.15, 0.2) is 54.7 Å². The molecule has 0 aliphatic rings.